The van der Waals surface area contributed by atoms with Crippen LogP contribution in [0.2, 0.25) is 0 Å². The fraction of sp³-hybridized carbons (Fsp3) is 0.556. The van der Waals surface area contributed by atoms with Crippen LogP contribution < -0.4 is 5.32 Å². The molecule has 0 bridgehead atoms. The van der Waals surface area contributed by atoms with E-state index < -0.39 is 0 Å². The van der Waals surface area contributed by atoms with Crippen LogP contribution in [0.4, 0.5) is 4.79 Å². The van der Waals surface area contributed by atoms with E-state index in [0.717, 1.165) is 24.4 Å². The van der Waals surface area contributed by atoms with E-state index in [9.17, 15) is 9.59 Å². The highest BCUT2D eigenvalue weighted by Gasteiger charge is 2.31. The molecule has 0 spiro atoms. The van der Waals surface area contributed by atoms with E-state index in [-0.39, 0.29) is 17.9 Å². The van der Waals surface area contributed by atoms with Gasteiger partial charge in [0, 0.05) is 45.8 Å². The zero-order chi connectivity index (χ0) is 18.3. The number of hydrogen-bond acceptors (Lipinski definition) is 4. The van der Waals surface area contributed by atoms with Crippen molar-refractivity contribution in [3.63, 3.8) is 0 Å². The third-order valence-corrected chi connectivity index (χ3v) is 5.15. The second kappa shape index (κ2) is 6.59. The average Bonchev–Trinajstić information content (AvgIpc) is 3.17. The SMILES string of the molecule is CN(C)C(=O)N1CCC(c2nnc3ccc(C(=O)NCC4CC4)cn23)C1. The summed E-state index contributed by atoms with van der Waals surface area (Å²) in [7, 11) is 3.52. The summed E-state index contributed by atoms with van der Waals surface area (Å²) in [5.41, 5.74) is 1.33. The largest absolute Gasteiger partial charge is 0.352 e. The summed E-state index contributed by atoms with van der Waals surface area (Å²) in [5.74, 6) is 1.52. The Morgan fingerprint density at radius 1 is 1.23 bits per heavy atom. The van der Waals surface area contributed by atoms with Gasteiger partial charge in [-0.3, -0.25) is 9.20 Å². The molecule has 3 heterocycles. The molecule has 8 heteroatoms. The number of nitrogens with zero attached hydrogens (tertiary/aromatic N) is 5. The lowest BCUT2D eigenvalue weighted by atomic mass is 10.1. The van der Waals surface area contributed by atoms with Crippen LogP contribution in [0.1, 0.15) is 41.4 Å². The van der Waals surface area contributed by atoms with Crippen LogP contribution in [0, 0.1) is 5.92 Å². The molecule has 2 aromatic heterocycles. The molecule has 3 amide bonds. The maximum atomic E-state index is 12.4. The molecular formula is C18H24N6O2. The number of pyridine rings is 1. The highest BCUT2D eigenvalue weighted by atomic mass is 16.2. The lowest BCUT2D eigenvalue weighted by molar-refractivity contribution is 0.0951. The number of fused-ring (bicyclic) bond motifs is 1. The van der Waals surface area contributed by atoms with Crippen LogP contribution in [0.25, 0.3) is 5.65 Å². The lowest BCUT2D eigenvalue weighted by Gasteiger charge is -2.21. The Morgan fingerprint density at radius 2 is 2.04 bits per heavy atom. The molecule has 138 valence electrons. The summed E-state index contributed by atoms with van der Waals surface area (Å²) in [4.78, 5) is 27.9. The van der Waals surface area contributed by atoms with Crippen LogP contribution in [-0.4, -0.2) is 70.1 Å². The van der Waals surface area contributed by atoms with Crippen molar-refractivity contribution in [1.29, 1.82) is 0 Å². The third kappa shape index (κ3) is 3.23. The molecule has 8 nitrogen and oxygen atoms in total. The van der Waals surface area contributed by atoms with Crippen molar-refractivity contribution >= 4 is 17.6 Å². The first kappa shape index (κ1) is 16.8. The van der Waals surface area contributed by atoms with Crippen molar-refractivity contribution in [2.24, 2.45) is 5.92 Å². The van der Waals surface area contributed by atoms with Gasteiger partial charge in [0.2, 0.25) is 0 Å². The van der Waals surface area contributed by atoms with Crippen molar-refractivity contribution in [3.8, 4) is 0 Å². The van der Waals surface area contributed by atoms with Gasteiger partial charge in [-0.05, 0) is 37.3 Å². The van der Waals surface area contributed by atoms with E-state index in [1.807, 2.05) is 21.6 Å². The minimum absolute atomic E-state index is 0.0152. The first-order chi connectivity index (χ1) is 12.5. The van der Waals surface area contributed by atoms with Crippen molar-refractivity contribution in [3.05, 3.63) is 29.7 Å². The van der Waals surface area contributed by atoms with Crippen LogP contribution in [-0.2, 0) is 0 Å². The molecule has 1 aliphatic heterocycles. The summed E-state index contributed by atoms with van der Waals surface area (Å²) in [6.45, 7) is 2.07. The van der Waals surface area contributed by atoms with Gasteiger partial charge in [0.1, 0.15) is 5.82 Å². The number of hydrogen-bond donors (Lipinski definition) is 1. The zero-order valence-corrected chi connectivity index (χ0v) is 15.2. The predicted octanol–water partition coefficient (Wildman–Crippen LogP) is 1.34. The Balaban J connectivity index is 1.53. The molecule has 26 heavy (non-hydrogen) atoms. The van der Waals surface area contributed by atoms with Gasteiger partial charge in [0.05, 0.1) is 5.56 Å². The fourth-order valence-electron chi connectivity index (χ4n) is 3.41. The smallest absolute Gasteiger partial charge is 0.319 e. The first-order valence-corrected chi connectivity index (χ1v) is 9.12. The molecular weight excluding hydrogens is 332 g/mol. The minimum Gasteiger partial charge on any atom is -0.352 e. The molecule has 4 rings (SSSR count). The molecule has 2 fully saturated rings. The van der Waals surface area contributed by atoms with Crippen molar-refractivity contribution < 1.29 is 9.59 Å². The molecule has 1 aliphatic carbocycles. The number of urea groups is 1. The highest BCUT2D eigenvalue weighted by Crippen LogP contribution is 2.28. The second-order valence-corrected chi connectivity index (χ2v) is 7.47. The molecule has 1 saturated heterocycles. The molecule has 1 unspecified atom stereocenters. The van der Waals surface area contributed by atoms with Gasteiger partial charge in [-0.2, -0.15) is 0 Å². The van der Waals surface area contributed by atoms with Crippen LogP contribution in [0.3, 0.4) is 0 Å². The lowest BCUT2D eigenvalue weighted by Crippen LogP contribution is -2.37. The Bertz CT molecular complexity index is 841. The van der Waals surface area contributed by atoms with Gasteiger partial charge in [-0.25, -0.2) is 4.79 Å². The van der Waals surface area contributed by atoms with Crippen molar-refractivity contribution in [2.45, 2.75) is 25.2 Å². The standard InChI is InChI=1S/C18H24N6O2/c1-22(2)18(26)23-8-7-13(10-23)16-21-20-15-6-5-14(11-24(15)16)17(25)19-9-12-3-4-12/h5-6,11-13H,3-4,7-10H2,1-2H3,(H,19,25). The van der Waals surface area contributed by atoms with E-state index in [1.54, 1.807) is 25.1 Å². The molecule has 2 aliphatic rings. The normalized spacial score (nSPS) is 19.8. The van der Waals surface area contributed by atoms with Crippen molar-refractivity contribution in [2.75, 3.05) is 33.7 Å². The molecule has 0 radical (unpaired) electrons. The summed E-state index contributed by atoms with van der Waals surface area (Å²) >= 11 is 0. The van der Waals surface area contributed by atoms with E-state index >= 15 is 0 Å². The van der Waals surface area contributed by atoms with Crippen LogP contribution in [0.5, 0.6) is 0 Å². The topological polar surface area (TPSA) is 82.8 Å². The van der Waals surface area contributed by atoms with E-state index in [1.165, 1.54) is 12.8 Å². The number of aromatic nitrogens is 3. The minimum atomic E-state index is -0.0608. The van der Waals surface area contributed by atoms with E-state index in [4.69, 9.17) is 0 Å². The van der Waals surface area contributed by atoms with Gasteiger partial charge in [-0.15, -0.1) is 10.2 Å². The Labute approximate surface area is 152 Å². The third-order valence-electron chi connectivity index (χ3n) is 5.15. The zero-order valence-electron chi connectivity index (χ0n) is 15.2. The highest BCUT2D eigenvalue weighted by molar-refractivity contribution is 5.94. The molecule has 2 aromatic rings. The van der Waals surface area contributed by atoms with Gasteiger partial charge in [0.25, 0.3) is 5.91 Å². The van der Waals surface area contributed by atoms with E-state index in [2.05, 4.69) is 15.5 Å². The maximum Gasteiger partial charge on any atom is 0.319 e. The Kier molecular flexibility index (Phi) is 4.26. The molecule has 1 atom stereocenters. The van der Waals surface area contributed by atoms with Crippen molar-refractivity contribution in [1.82, 2.24) is 29.7 Å². The Hall–Kier alpha value is -2.64. The van der Waals surface area contributed by atoms with Crippen LogP contribution in [0.15, 0.2) is 18.3 Å². The number of likely N-dealkylation sites (tertiary alicyclic amines) is 1. The quantitative estimate of drug-likeness (QED) is 0.896. The number of rotatable bonds is 4. The number of carbonyl (C=O) groups is 2. The average molecular weight is 356 g/mol. The summed E-state index contributed by atoms with van der Waals surface area (Å²) in [6.07, 6.45) is 5.07. The number of nitrogens with one attached hydrogen (secondary N) is 1. The summed E-state index contributed by atoms with van der Waals surface area (Å²) in [6, 6.07) is 3.62. The predicted molar refractivity (Wildman–Crippen MR) is 96.1 cm³/mol. The monoisotopic (exact) mass is 356 g/mol. The van der Waals surface area contributed by atoms with E-state index in [0.29, 0.717) is 24.6 Å². The molecule has 0 aromatic carbocycles. The Morgan fingerprint density at radius 3 is 2.77 bits per heavy atom. The second-order valence-electron chi connectivity index (χ2n) is 7.47. The fourth-order valence-corrected chi connectivity index (χ4v) is 3.41. The van der Waals surface area contributed by atoms with Gasteiger partial charge < -0.3 is 15.1 Å². The number of amides is 3. The van der Waals surface area contributed by atoms with Gasteiger partial charge in [-0.1, -0.05) is 0 Å². The van der Waals surface area contributed by atoms with Crippen LogP contribution >= 0.6 is 0 Å². The molecule has 1 N–H and O–H groups in total. The number of carbonyl (C=O) groups excluding carboxylic acids is 2. The summed E-state index contributed by atoms with van der Waals surface area (Å²) < 4.78 is 1.89. The first-order valence-electron chi connectivity index (χ1n) is 9.12. The molecule has 1 saturated carbocycles. The summed E-state index contributed by atoms with van der Waals surface area (Å²) in [5, 5.41) is 11.5. The van der Waals surface area contributed by atoms with Gasteiger partial charge in [0.15, 0.2) is 5.65 Å². The van der Waals surface area contributed by atoms with Gasteiger partial charge >= 0.3 is 6.03 Å². The maximum absolute atomic E-state index is 12.4.